The molecule has 0 bridgehead atoms. The third-order valence-corrected chi connectivity index (χ3v) is 15.3. The summed E-state index contributed by atoms with van der Waals surface area (Å²) >= 11 is 0. The molecule has 49 heavy (non-hydrogen) atoms. The van der Waals surface area contributed by atoms with E-state index in [-0.39, 0.29) is 13.4 Å². The zero-order valence-corrected chi connectivity index (χ0v) is 28.6. The van der Waals surface area contributed by atoms with Gasteiger partial charge in [-0.25, -0.2) is 0 Å². The van der Waals surface area contributed by atoms with Crippen molar-refractivity contribution in [2.75, 3.05) is 9.80 Å². The van der Waals surface area contributed by atoms with Gasteiger partial charge in [-0.2, -0.15) is 0 Å². The lowest BCUT2D eigenvalue weighted by Crippen LogP contribution is -2.80. The predicted molar refractivity (Wildman–Crippen MR) is 214 cm³/mol. The molecule has 4 aliphatic rings. The van der Waals surface area contributed by atoms with E-state index in [9.17, 15) is 0 Å². The molecule has 11 rings (SSSR count). The first kappa shape index (κ1) is 27.4. The van der Waals surface area contributed by atoms with Crippen LogP contribution >= 0.6 is 0 Å². The fraction of sp³-hybridized carbons (Fsp3) is 0.0455. The summed E-state index contributed by atoms with van der Waals surface area (Å²) in [5, 5.41) is 3.12. The van der Waals surface area contributed by atoms with Gasteiger partial charge in [0.05, 0.1) is 5.69 Å². The standard InChI is InChI=1S/C44H32B2N2Si/c1-49(2)40-27-15-10-22-34(40)46-33-21-9-14-26-38(33)48-37-25-13-8-20-32(37)45-31-19-7-12-24-36(31)47(39-28-41(49)43(46)44(48)42(39)45)35-23-11-6-18-30(35)29-16-4-3-5-17-29/h3-28H,1-2H3. The Kier molecular flexibility index (Phi) is 5.47. The first-order valence-corrected chi connectivity index (χ1v) is 20.4. The Bertz CT molecular complexity index is 2520. The van der Waals surface area contributed by atoms with Crippen LogP contribution in [-0.4, -0.2) is 21.5 Å². The Morgan fingerprint density at radius 1 is 0.408 bits per heavy atom. The molecule has 0 aromatic heterocycles. The summed E-state index contributed by atoms with van der Waals surface area (Å²) in [6.45, 7) is 5.48. The summed E-state index contributed by atoms with van der Waals surface area (Å²) in [5.74, 6) is 0. The van der Waals surface area contributed by atoms with Crippen molar-refractivity contribution in [3.05, 3.63) is 158 Å². The monoisotopic (exact) mass is 638 g/mol. The number of fused-ring (bicyclic) bond motifs is 10. The summed E-state index contributed by atoms with van der Waals surface area (Å²) in [4.78, 5) is 5.25. The van der Waals surface area contributed by atoms with Crippen molar-refractivity contribution in [2.45, 2.75) is 13.1 Å². The lowest BCUT2D eigenvalue weighted by Gasteiger charge is -2.51. The van der Waals surface area contributed by atoms with Gasteiger partial charge in [0.2, 0.25) is 6.71 Å². The molecule has 4 aliphatic heterocycles. The molecule has 0 saturated carbocycles. The number of rotatable bonds is 2. The maximum Gasteiger partial charge on any atom is 0.252 e. The van der Waals surface area contributed by atoms with Crippen molar-refractivity contribution in [1.29, 1.82) is 0 Å². The van der Waals surface area contributed by atoms with Gasteiger partial charge >= 0.3 is 0 Å². The van der Waals surface area contributed by atoms with Crippen LogP contribution in [-0.2, 0) is 0 Å². The molecular formula is C44H32B2N2Si. The van der Waals surface area contributed by atoms with E-state index in [0.717, 1.165) is 0 Å². The lowest BCUT2D eigenvalue weighted by atomic mass is 9.29. The molecule has 7 aromatic carbocycles. The zero-order valence-electron chi connectivity index (χ0n) is 27.6. The van der Waals surface area contributed by atoms with Crippen LogP contribution in [0.25, 0.3) is 11.1 Å². The van der Waals surface area contributed by atoms with Gasteiger partial charge in [0.1, 0.15) is 8.07 Å². The van der Waals surface area contributed by atoms with Crippen LogP contribution < -0.4 is 53.0 Å². The van der Waals surface area contributed by atoms with Crippen molar-refractivity contribution < 1.29 is 0 Å². The molecule has 0 spiro atoms. The Morgan fingerprint density at radius 2 is 0.898 bits per heavy atom. The van der Waals surface area contributed by atoms with Crippen molar-refractivity contribution in [1.82, 2.24) is 0 Å². The quantitative estimate of drug-likeness (QED) is 0.234. The van der Waals surface area contributed by atoms with E-state index >= 15 is 0 Å². The van der Waals surface area contributed by atoms with Crippen LogP contribution in [0.3, 0.4) is 0 Å². The molecule has 0 radical (unpaired) electrons. The maximum absolute atomic E-state index is 2.65. The van der Waals surface area contributed by atoms with Crippen LogP contribution in [0.1, 0.15) is 0 Å². The highest BCUT2D eigenvalue weighted by Gasteiger charge is 2.53. The molecule has 0 fully saturated rings. The van der Waals surface area contributed by atoms with E-state index in [0.29, 0.717) is 0 Å². The van der Waals surface area contributed by atoms with Crippen molar-refractivity contribution >= 4 is 98.8 Å². The van der Waals surface area contributed by atoms with E-state index in [1.807, 2.05) is 0 Å². The van der Waals surface area contributed by atoms with Gasteiger partial charge in [-0.1, -0.05) is 156 Å². The van der Waals surface area contributed by atoms with Crippen LogP contribution in [0.4, 0.5) is 34.1 Å². The van der Waals surface area contributed by atoms with Crippen molar-refractivity contribution in [3.63, 3.8) is 0 Å². The first-order chi connectivity index (χ1) is 24.1. The summed E-state index contributed by atoms with van der Waals surface area (Å²) in [6, 6.07) is 59.4. The highest BCUT2D eigenvalue weighted by atomic mass is 28.3. The minimum absolute atomic E-state index is 0.131. The van der Waals surface area contributed by atoms with E-state index in [1.54, 1.807) is 10.4 Å². The SMILES string of the molecule is C[Si]1(C)c2ccccc2B2c3ccccc3N3c4ccccc4B4c5ccccc5N(c5ccccc5-c5ccccc5)c5cc1c2c3c54. The number of nitrogens with zero attached hydrogens (tertiary/aromatic N) is 2. The second kappa shape index (κ2) is 9.78. The van der Waals surface area contributed by atoms with Crippen LogP contribution in [0.15, 0.2) is 158 Å². The Hall–Kier alpha value is -5.51. The molecule has 0 amide bonds. The zero-order chi connectivity index (χ0) is 32.4. The summed E-state index contributed by atoms with van der Waals surface area (Å²) in [7, 11) is -2.14. The third kappa shape index (κ3) is 3.48. The second-order valence-electron chi connectivity index (χ2n) is 14.4. The summed E-state index contributed by atoms with van der Waals surface area (Å²) in [5.41, 5.74) is 18.9. The van der Waals surface area contributed by atoms with Gasteiger partial charge in [-0.05, 0) is 63.2 Å². The minimum Gasteiger partial charge on any atom is -0.312 e. The number of para-hydroxylation sites is 4. The van der Waals surface area contributed by atoms with Crippen molar-refractivity contribution in [3.8, 4) is 11.1 Å². The minimum atomic E-state index is -2.14. The summed E-state index contributed by atoms with van der Waals surface area (Å²) in [6.07, 6.45) is 0. The number of anilines is 6. The molecule has 0 N–H and O–H groups in total. The van der Waals surface area contributed by atoms with E-state index < -0.39 is 8.07 Å². The molecule has 0 unspecified atom stereocenters. The molecule has 7 aromatic rings. The van der Waals surface area contributed by atoms with Gasteiger partial charge in [0.15, 0.2) is 0 Å². The third-order valence-electron chi connectivity index (χ3n) is 11.7. The fourth-order valence-electron chi connectivity index (χ4n) is 9.72. The predicted octanol–water partition coefficient (Wildman–Crippen LogP) is 5.40. The molecule has 4 heterocycles. The average Bonchev–Trinajstić information content (AvgIpc) is 3.16. The molecule has 0 aliphatic carbocycles. The largest absolute Gasteiger partial charge is 0.312 e. The average molecular weight is 638 g/mol. The van der Waals surface area contributed by atoms with Gasteiger partial charge in [-0.15, -0.1) is 0 Å². The lowest BCUT2D eigenvalue weighted by molar-refractivity contribution is 1.26. The first-order valence-electron chi connectivity index (χ1n) is 17.4. The molecule has 2 nitrogen and oxygen atoms in total. The van der Waals surface area contributed by atoms with Crippen LogP contribution in [0.2, 0.25) is 13.1 Å². The normalized spacial score (nSPS) is 15.1. The van der Waals surface area contributed by atoms with Crippen LogP contribution in [0.5, 0.6) is 0 Å². The van der Waals surface area contributed by atoms with Crippen LogP contribution in [0, 0.1) is 0 Å². The van der Waals surface area contributed by atoms with E-state index in [2.05, 4.69) is 181 Å². The van der Waals surface area contributed by atoms with Crippen molar-refractivity contribution in [2.24, 2.45) is 0 Å². The highest BCUT2D eigenvalue weighted by molar-refractivity contribution is 7.16. The topological polar surface area (TPSA) is 6.48 Å². The van der Waals surface area contributed by atoms with E-state index in [1.165, 1.54) is 78.0 Å². The molecule has 0 atom stereocenters. The molecule has 0 saturated heterocycles. The highest BCUT2D eigenvalue weighted by Crippen LogP contribution is 2.46. The number of benzene rings is 7. The number of hydrogen-bond donors (Lipinski definition) is 0. The second-order valence-corrected chi connectivity index (χ2v) is 18.8. The Labute approximate surface area is 289 Å². The molecule has 5 heteroatoms. The smallest absolute Gasteiger partial charge is 0.252 e. The van der Waals surface area contributed by atoms with Gasteiger partial charge in [0, 0.05) is 34.0 Å². The number of hydrogen-bond acceptors (Lipinski definition) is 2. The molecular weight excluding hydrogens is 606 g/mol. The van der Waals surface area contributed by atoms with Gasteiger partial charge in [0.25, 0.3) is 6.71 Å². The molecule has 228 valence electrons. The maximum atomic E-state index is 2.65. The fourth-order valence-corrected chi connectivity index (χ4v) is 12.9. The van der Waals surface area contributed by atoms with Gasteiger partial charge < -0.3 is 9.80 Å². The summed E-state index contributed by atoms with van der Waals surface area (Å²) < 4.78 is 0. The Balaban J connectivity index is 1.32. The van der Waals surface area contributed by atoms with E-state index in [4.69, 9.17) is 0 Å². The Morgan fingerprint density at radius 3 is 1.55 bits per heavy atom. The van der Waals surface area contributed by atoms with Gasteiger partial charge in [-0.3, -0.25) is 0 Å².